The molecule has 0 bridgehead atoms. The Balaban J connectivity index is 2.12. The quantitative estimate of drug-likeness (QED) is 0.766. The normalized spacial score (nSPS) is 11.8. The van der Waals surface area contributed by atoms with Gasteiger partial charge in [-0.2, -0.15) is 0 Å². The van der Waals surface area contributed by atoms with Crippen LogP contribution in [-0.4, -0.2) is 13.1 Å². The van der Waals surface area contributed by atoms with Gasteiger partial charge in [-0.05, 0) is 48.9 Å². The van der Waals surface area contributed by atoms with Crippen molar-refractivity contribution < 1.29 is 9.53 Å². The second-order valence-corrected chi connectivity index (χ2v) is 5.92. The summed E-state index contributed by atoms with van der Waals surface area (Å²) < 4.78 is 5.62. The van der Waals surface area contributed by atoms with Crippen LogP contribution < -0.4 is 5.32 Å². The molecule has 1 unspecified atom stereocenters. The minimum Gasteiger partial charge on any atom is -0.465 e. The summed E-state index contributed by atoms with van der Waals surface area (Å²) in [6.45, 7) is 2.03. The molecule has 0 spiro atoms. The minimum atomic E-state index is -0.342. The first kappa shape index (κ1) is 15.9. The summed E-state index contributed by atoms with van der Waals surface area (Å²) in [6, 6.07) is 13.0. The molecule has 0 aliphatic rings. The van der Waals surface area contributed by atoms with Gasteiger partial charge in [0.05, 0.1) is 12.7 Å². The van der Waals surface area contributed by atoms with Crippen molar-refractivity contribution in [2.75, 3.05) is 12.4 Å². The number of benzene rings is 2. The van der Waals surface area contributed by atoms with E-state index in [0.29, 0.717) is 10.6 Å². The number of halogens is 2. The van der Waals surface area contributed by atoms with Crippen LogP contribution in [0.15, 0.2) is 46.9 Å². The number of esters is 1. The van der Waals surface area contributed by atoms with E-state index in [0.717, 1.165) is 15.7 Å². The van der Waals surface area contributed by atoms with Crippen LogP contribution in [0.25, 0.3) is 0 Å². The molecule has 0 amide bonds. The fourth-order valence-electron chi connectivity index (χ4n) is 2.00. The number of hydrogen-bond acceptors (Lipinski definition) is 3. The predicted octanol–water partition coefficient (Wildman–Crippen LogP) is 5.06. The van der Waals surface area contributed by atoms with Crippen molar-refractivity contribution in [3.8, 4) is 0 Å². The minimum absolute atomic E-state index is 0.0505. The molecule has 21 heavy (non-hydrogen) atoms. The average molecular weight is 369 g/mol. The van der Waals surface area contributed by atoms with E-state index < -0.39 is 0 Å². The number of methoxy groups -OCH3 is 1. The smallest absolute Gasteiger partial charge is 0.337 e. The van der Waals surface area contributed by atoms with Gasteiger partial charge in [0, 0.05) is 21.2 Å². The zero-order chi connectivity index (χ0) is 15.4. The van der Waals surface area contributed by atoms with Crippen molar-refractivity contribution in [1.29, 1.82) is 0 Å². The summed E-state index contributed by atoms with van der Waals surface area (Å²) >= 11 is 9.64. The maximum absolute atomic E-state index is 11.4. The molecule has 2 rings (SSSR count). The molecule has 0 saturated heterocycles. The Morgan fingerprint density at radius 2 is 1.90 bits per heavy atom. The van der Waals surface area contributed by atoms with Gasteiger partial charge in [-0.25, -0.2) is 4.79 Å². The molecule has 0 heterocycles. The molecule has 3 nitrogen and oxygen atoms in total. The van der Waals surface area contributed by atoms with Gasteiger partial charge in [0.2, 0.25) is 0 Å². The number of carbonyl (C=O) groups excluding carboxylic acids is 1. The molecule has 0 saturated carbocycles. The molecular weight excluding hydrogens is 354 g/mol. The van der Waals surface area contributed by atoms with Crippen LogP contribution in [0.4, 0.5) is 5.69 Å². The largest absolute Gasteiger partial charge is 0.465 e. The van der Waals surface area contributed by atoms with Gasteiger partial charge in [0.15, 0.2) is 0 Å². The van der Waals surface area contributed by atoms with E-state index in [1.807, 2.05) is 37.3 Å². The number of anilines is 1. The summed E-state index contributed by atoms with van der Waals surface area (Å²) in [5.74, 6) is -0.342. The molecule has 0 radical (unpaired) electrons. The Morgan fingerprint density at radius 3 is 2.48 bits per heavy atom. The van der Waals surface area contributed by atoms with Gasteiger partial charge in [-0.3, -0.25) is 0 Å². The lowest BCUT2D eigenvalue weighted by molar-refractivity contribution is 0.0601. The van der Waals surface area contributed by atoms with E-state index in [-0.39, 0.29) is 12.0 Å². The fourth-order valence-corrected chi connectivity index (χ4v) is 2.84. The molecule has 0 fully saturated rings. The van der Waals surface area contributed by atoms with Gasteiger partial charge in [-0.1, -0.05) is 33.6 Å². The first-order valence-electron chi connectivity index (χ1n) is 6.41. The van der Waals surface area contributed by atoms with Crippen molar-refractivity contribution in [2.24, 2.45) is 0 Å². The third-order valence-corrected chi connectivity index (χ3v) is 3.94. The molecular formula is C16H15BrClNO2. The number of carbonyl (C=O) groups is 1. The molecule has 2 aromatic rings. The molecule has 0 aromatic heterocycles. The highest BCUT2D eigenvalue weighted by Gasteiger charge is 2.10. The fraction of sp³-hybridized carbons (Fsp3) is 0.188. The maximum Gasteiger partial charge on any atom is 0.337 e. The molecule has 0 aliphatic carbocycles. The SMILES string of the molecule is COC(=O)c1ccc(NC(C)c2ccc(Br)cc2Cl)cc1. The lowest BCUT2D eigenvalue weighted by Crippen LogP contribution is -2.08. The Bertz CT molecular complexity index is 643. The van der Waals surface area contributed by atoms with Crippen LogP contribution in [0.5, 0.6) is 0 Å². The van der Waals surface area contributed by atoms with E-state index in [1.165, 1.54) is 7.11 Å². The highest BCUT2D eigenvalue weighted by molar-refractivity contribution is 9.10. The highest BCUT2D eigenvalue weighted by Crippen LogP contribution is 2.28. The molecule has 110 valence electrons. The zero-order valence-electron chi connectivity index (χ0n) is 11.7. The van der Waals surface area contributed by atoms with Crippen molar-refractivity contribution >= 4 is 39.2 Å². The first-order chi connectivity index (χ1) is 10.0. The molecule has 0 aliphatic heterocycles. The van der Waals surface area contributed by atoms with Crippen LogP contribution in [-0.2, 0) is 4.74 Å². The first-order valence-corrected chi connectivity index (χ1v) is 7.58. The van der Waals surface area contributed by atoms with Crippen LogP contribution in [0, 0.1) is 0 Å². The monoisotopic (exact) mass is 367 g/mol. The van der Waals surface area contributed by atoms with Crippen LogP contribution in [0.3, 0.4) is 0 Å². The number of nitrogens with one attached hydrogen (secondary N) is 1. The third kappa shape index (κ3) is 3.99. The summed E-state index contributed by atoms with van der Waals surface area (Å²) in [4.78, 5) is 11.4. The summed E-state index contributed by atoms with van der Waals surface area (Å²) in [5, 5.41) is 4.05. The Labute approximate surface area is 137 Å². The summed E-state index contributed by atoms with van der Waals surface area (Å²) in [6.07, 6.45) is 0. The van der Waals surface area contributed by atoms with Crippen molar-refractivity contribution in [3.63, 3.8) is 0 Å². The van der Waals surface area contributed by atoms with Crippen molar-refractivity contribution in [1.82, 2.24) is 0 Å². The van der Waals surface area contributed by atoms with Crippen LogP contribution in [0.1, 0.15) is 28.9 Å². The molecule has 1 atom stereocenters. The van der Waals surface area contributed by atoms with E-state index in [1.54, 1.807) is 12.1 Å². The van der Waals surface area contributed by atoms with E-state index >= 15 is 0 Å². The summed E-state index contributed by atoms with van der Waals surface area (Å²) in [7, 11) is 1.37. The van der Waals surface area contributed by atoms with E-state index in [9.17, 15) is 4.79 Å². The van der Waals surface area contributed by atoms with E-state index in [2.05, 4.69) is 26.0 Å². The Hall–Kier alpha value is -1.52. The van der Waals surface area contributed by atoms with Gasteiger partial charge >= 0.3 is 5.97 Å². The Morgan fingerprint density at radius 1 is 1.24 bits per heavy atom. The lowest BCUT2D eigenvalue weighted by atomic mass is 10.1. The highest BCUT2D eigenvalue weighted by atomic mass is 79.9. The Kier molecular flexibility index (Phi) is 5.26. The molecule has 2 aromatic carbocycles. The van der Waals surface area contributed by atoms with Crippen LogP contribution in [0.2, 0.25) is 5.02 Å². The molecule has 5 heteroatoms. The maximum atomic E-state index is 11.4. The predicted molar refractivity (Wildman–Crippen MR) is 89.0 cm³/mol. The van der Waals surface area contributed by atoms with Crippen molar-refractivity contribution in [3.05, 3.63) is 63.1 Å². The average Bonchev–Trinajstić information content (AvgIpc) is 2.47. The van der Waals surface area contributed by atoms with E-state index in [4.69, 9.17) is 11.6 Å². The van der Waals surface area contributed by atoms with Gasteiger partial charge in [0.25, 0.3) is 0 Å². The van der Waals surface area contributed by atoms with Gasteiger partial charge in [0.1, 0.15) is 0 Å². The number of ether oxygens (including phenoxy) is 1. The summed E-state index contributed by atoms with van der Waals surface area (Å²) in [5.41, 5.74) is 2.45. The molecule has 1 N–H and O–H groups in total. The lowest BCUT2D eigenvalue weighted by Gasteiger charge is -2.17. The zero-order valence-corrected chi connectivity index (χ0v) is 14.0. The van der Waals surface area contributed by atoms with Gasteiger partial charge in [-0.15, -0.1) is 0 Å². The second kappa shape index (κ2) is 6.96. The van der Waals surface area contributed by atoms with Crippen LogP contribution >= 0.6 is 27.5 Å². The topological polar surface area (TPSA) is 38.3 Å². The number of rotatable bonds is 4. The third-order valence-electron chi connectivity index (χ3n) is 3.12. The standard InChI is InChI=1S/C16H15BrClNO2/c1-10(14-8-5-12(17)9-15(14)18)19-13-6-3-11(4-7-13)16(20)21-2/h3-10,19H,1-2H3. The second-order valence-electron chi connectivity index (χ2n) is 4.60. The van der Waals surface area contributed by atoms with Gasteiger partial charge < -0.3 is 10.1 Å². The van der Waals surface area contributed by atoms with Crippen molar-refractivity contribution in [2.45, 2.75) is 13.0 Å². The number of hydrogen-bond donors (Lipinski definition) is 1.